The van der Waals surface area contributed by atoms with Crippen molar-refractivity contribution in [2.45, 2.75) is 6.54 Å². The average molecular weight is 376 g/mol. The fourth-order valence-electron chi connectivity index (χ4n) is 2.08. The molecule has 1 saturated heterocycles. The van der Waals surface area contributed by atoms with Gasteiger partial charge in [0.25, 0.3) is 5.91 Å². The summed E-state index contributed by atoms with van der Waals surface area (Å²) in [5, 5.41) is 2.35. The Morgan fingerprint density at radius 2 is 2.08 bits per heavy atom. The Bertz CT molecular complexity index is 845. The number of hydrogen-bond donors (Lipinski definition) is 0. The average Bonchev–Trinajstić information content (AvgIpc) is 3.21. The molecule has 1 aromatic heterocycles. The molecule has 0 spiro atoms. The zero-order valence-corrected chi connectivity index (χ0v) is 14.8. The molecule has 0 saturated carbocycles. The van der Waals surface area contributed by atoms with Crippen molar-refractivity contribution in [3.8, 4) is 0 Å². The van der Waals surface area contributed by atoms with Gasteiger partial charge in [0.1, 0.15) is 5.82 Å². The van der Waals surface area contributed by atoms with E-state index in [2.05, 4.69) is 9.73 Å². The summed E-state index contributed by atoms with van der Waals surface area (Å²) in [6.07, 6.45) is 1.15. The highest BCUT2D eigenvalue weighted by Gasteiger charge is 2.34. The Morgan fingerprint density at radius 3 is 2.72 bits per heavy atom. The Labute approximate surface area is 151 Å². The van der Waals surface area contributed by atoms with Gasteiger partial charge < -0.3 is 4.74 Å². The lowest BCUT2D eigenvalue weighted by Gasteiger charge is -2.14. The molecule has 8 heteroatoms. The van der Waals surface area contributed by atoms with Crippen LogP contribution in [0.1, 0.15) is 4.88 Å². The number of thioether (sulfide) groups is 1. The molecule has 5 nitrogen and oxygen atoms in total. The second kappa shape index (κ2) is 7.62. The molecule has 128 valence electrons. The van der Waals surface area contributed by atoms with E-state index in [1.807, 2.05) is 17.5 Å². The van der Waals surface area contributed by atoms with Crippen molar-refractivity contribution in [3.63, 3.8) is 0 Å². The summed E-state index contributed by atoms with van der Waals surface area (Å²) in [6, 6.07) is 9.47. The van der Waals surface area contributed by atoms with E-state index in [1.165, 1.54) is 47.6 Å². The molecule has 2 aromatic rings. The topological polar surface area (TPSA) is 59.0 Å². The molecular formula is C17H13FN2O3S2. The maximum Gasteiger partial charge on any atom is 0.331 e. The molecule has 0 unspecified atom stereocenters. The molecule has 0 aliphatic carbocycles. The predicted molar refractivity (Wildman–Crippen MR) is 96.1 cm³/mol. The van der Waals surface area contributed by atoms with Gasteiger partial charge in [0.15, 0.2) is 5.17 Å². The summed E-state index contributed by atoms with van der Waals surface area (Å²) in [6.45, 7) is 0.349. The number of carbonyl (C=O) groups is 2. The third kappa shape index (κ3) is 4.15. The summed E-state index contributed by atoms with van der Waals surface area (Å²) in [7, 11) is 1.25. The summed E-state index contributed by atoms with van der Waals surface area (Å²) >= 11 is 2.61. The minimum atomic E-state index is -0.602. The first-order chi connectivity index (χ1) is 12.1. The lowest BCUT2D eigenvalue weighted by molar-refractivity contribution is -0.135. The Balaban J connectivity index is 1.94. The third-order valence-electron chi connectivity index (χ3n) is 3.28. The highest BCUT2D eigenvalue weighted by molar-refractivity contribution is 8.18. The molecule has 1 fully saturated rings. The summed E-state index contributed by atoms with van der Waals surface area (Å²) < 4.78 is 17.6. The Morgan fingerprint density at radius 1 is 1.32 bits per heavy atom. The van der Waals surface area contributed by atoms with Crippen LogP contribution in [0.25, 0.3) is 0 Å². The van der Waals surface area contributed by atoms with Crippen LogP contribution in [0.2, 0.25) is 0 Å². The van der Waals surface area contributed by atoms with Crippen LogP contribution in [0.15, 0.2) is 57.8 Å². The number of carbonyl (C=O) groups excluding carboxylic acids is 2. The van der Waals surface area contributed by atoms with E-state index in [4.69, 9.17) is 0 Å². The van der Waals surface area contributed by atoms with Gasteiger partial charge in [0.2, 0.25) is 0 Å². The van der Waals surface area contributed by atoms with Crippen molar-refractivity contribution in [2.75, 3.05) is 7.11 Å². The monoisotopic (exact) mass is 376 g/mol. The minimum absolute atomic E-state index is 0.240. The highest BCUT2D eigenvalue weighted by atomic mass is 32.2. The number of thiophene rings is 1. The Hall–Kier alpha value is -2.45. The van der Waals surface area contributed by atoms with Crippen molar-refractivity contribution < 1.29 is 18.7 Å². The van der Waals surface area contributed by atoms with Gasteiger partial charge >= 0.3 is 5.97 Å². The smallest absolute Gasteiger partial charge is 0.331 e. The lowest BCUT2D eigenvalue weighted by Crippen LogP contribution is -2.28. The minimum Gasteiger partial charge on any atom is -0.466 e. The van der Waals surface area contributed by atoms with Crippen molar-refractivity contribution in [3.05, 3.63) is 63.5 Å². The van der Waals surface area contributed by atoms with Crippen molar-refractivity contribution >= 4 is 45.8 Å². The maximum atomic E-state index is 13.1. The molecule has 1 aliphatic heterocycles. The van der Waals surface area contributed by atoms with E-state index in [0.717, 1.165) is 22.7 Å². The normalized spacial score (nSPS) is 17.5. The molecule has 0 atom stereocenters. The molecule has 0 N–H and O–H groups in total. The second-order valence-corrected chi connectivity index (χ2v) is 7.02. The molecule has 2 heterocycles. The van der Waals surface area contributed by atoms with Crippen LogP contribution in [0.5, 0.6) is 0 Å². The van der Waals surface area contributed by atoms with Gasteiger partial charge in [-0.1, -0.05) is 6.07 Å². The third-order valence-corrected chi connectivity index (χ3v) is 5.15. The first-order valence-electron chi connectivity index (χ1n) is 7.23. The van der Waals surface area contributed by atoms with E-state index >= 15 is 0 Å². The van der Waals surface area contributed by atoms with Crippen molar-refractivity contribution in [2.24, 2.45) is 4.99 Å². The fraction of sp³-hybridized carbons (Fsp3) is 0.118. The highest BCUT2D eigenvalue weighted by Crippen LogP contribution is 2.34. The second-order valence-electron chi connectivity index (χ2n) is 4.98. The van der Waals surface area contributed by atoms with E-state index < -0.39 is 5.97 Å². The number of benzene rings is 1. The number of amidine groups is 1. The number of rotatable bonds is 4. The first-order valence-corrected chi connectivity index (χ1v) is 8.92. The standard InChI is InChI=1S/C17H13FN2O3S2/c1-23-15(21)9-14-16(22)20(10-13-3-2-8-24-13)17(25-14)19-12-6-4-11(18)5-7-12/h2-9H,10H2,1H3/b14-9+,19-17?. The number of ether oxygens (including phenoxy) is 1. The van der Waals surface area contributed by atoms with Crippen molar-refractivity contribution in [1.82, 2.24) is 4.90 Å². The molecular weight excluding hydrogens is 363 g/mol. The number of nitrogens with zero attached hydrogens (tertiary/aromatic N) is 2. The predicted octanol–water partition coefficient (Wildman–Crippen LogP) is 3.71. The van der Waals surface area contributed by atoms with Crippen molar-refractivity contribution in [1.29, 1.82) is 0 Å². The molecule has 0 bridgehead atoms. The van der Waals surface area contributed by atoms with Gasteiger partial charge in [0, 0.05) is 11.0 Å². The van der Waals surface area contributed by atoms with Crippen LogP contribution in [0, 0.1) is 5.82 Å². The molecule has 1 amide bonds. The molecule has 1 aliphatic rings. The summed E-state index contributed by atoms with van der Waals surface area (Å²) in [5.41, 5.74) is 0.521. The number of hydrogen-bond acceptors (Lipinski definition) is 6. The van der Waals surface area contributed by atoms with Crippen LogP contribution < -0.4 is 0 Å². The van der Waals surface area contributed by atoms with E-state index in [9.17, 15) is 14.0 Å². The SMILES string of the molecule is COC(=O)/C=C1/SC(=Nc2ccc(F)cc2)N(Cc2cccs2)C1=O. The van der Waals surface area contributed by atoms with Gasteiger partial charge in [-0.05, 0) is 47.5 Å². The molecule has 25 heavy (non-hydrogen) atoms. The van der Waals surface area contributed by atoms with Gasteiger partial charge in [-0.3, -0.25) is 9.69 Å². The van der Waals surface area contributed by atoms with Gasteiger partial charge in [-0.15, -0.1) is 11.3 Å². The Kier molecular flexibility index (Phi) is 5.30. The van der Waals surface area contributed by atoms with E-state index in [-0.39, 0.29) is 16.6 Å². The number of aliphatic imine (C=N–C) groups is 1. The van der Waals surface area contributed by atoms with Crippen LogP contribution in [0.4, 0.5) is 10.1 Å². The summed E-state index contributed by atoms with van der Waals surface area (Å²) in [4.78, 5) is 31.3. The van der Waals surface area contributed by atoms with E-state index in [0.29, 0.717) is 17.4 Å². The molecule has 0 radical (unpaired) electrons. The zero-order chi connectivity index (χ0) is 17.8. The molecule has 3 rings (SSSR count). The van der Waals surface area contributed by atoms with Crippen LogP contribution in [-0.2, 0) is 20.9 Å². The van der Waals surface area contributed by atoms with Gasteiger partial charge in [0.05, 0.1) is 24.2 Å². The number of methoxy groups -OCH3 is 1. The quantitative estimate of drug-likeness (QED) is 0.603. The van der Waals surface area contributed by atoms with Crippen LogP contribution in [-0.4, -0.2) is 29.1 Å². The van der Waals surface area contributed by atoms with Crippen LogP contribution in [0.3, 0.4) is 0 Å². The fourth-order valence-corrected chi connectivity index (χ4v) is 3.73. The van der Waals surface area contributed by atoms with Gasteiger partial charge in [-0.25, -0.2) is 14.2 Å². The maximum absolute atomic E-state index is 13.1. The number of esters is 1. The van der Waals surface area contributed by atoms with E-state index in [1.54, 1.807) is 0 Å². The number of halogens is 1. The number of amides is 1. The van der Waals surface area contributed by atoms with Crippen LogP contribution >= 0.6 is 23.1 Å². The van der Waals surface area contributed by atoms with Gasteiger partial charge in [-0.2, -0.15) is 0 Å². The molecule has 1 aromatic carbocycles. The zero-order valence-electron chi connectivity index (χ0n) is 13.1. The first kappa shape index (κ1) is 17.4. The summed E-state index contributed by atoms with van der Waals surface area (Å²) in [5.74, 6) is -1.28. The lowest BCUT2D eigenvalue weighted by atomic mass is 10.3. The largest absolute Gasteiger partial charge is 0.466 e.